The number of carbonyl (C=O) groups excluding carboxylic acids is 1. The number of methoxy groups -OCH3 is 1. The molecule has 5 heteroatoms. The van der Waals surface area contributed by atoms with Crippen molar-refractivity contribution < 1.29 is 13.9 Å². The zero-order chi connectivity index (χ0) is 16.2. The number of hydrogen-bond acceptors (Lipinski definition) is 3. The van der Waals surface area contributed by atoms with Crippen molar-refractivity contribution in [3.63, 3.8) is 0 Å². The Bertz CT molecular complexity index is 709. The largest absolute Gasteiger partial charge is 0.496 e. The van der Waals surface area contributed by atoms with Crippen LogP contribution in [0.5, 0.6) is 5.75 Å². The number of hydrogen-bond donors (Lipinski definition) is 0. The van der Waals surface area contributed by atoms with Crippen LogP contribution in [0.1, 0.15) is 30.2 Å². The van der Waals surface area contributed by atoms with Crippen LogP contribution in [0.15, 0.2) is 51.6 Å². The number of nitrogens with zero attached hydrogens (tertiary/aromatic N) is 1. The molecular weight excluding hydrogens is 358 g/mol. The van der Waals surface area contributed by atoms with Gasteiger partial charge in [0.15, 0.2) is 0 Å². The summed E-state index contributed by atoms with van der Waals surface area (Å²) in [5.74, 6) is 1.48. The molecular formula is C18H18BrNO3. The van der Waals surface area contributed by atoms with Crippen molar-refractivity contribution in [3.8, 4) is 5.75 Å². The first kappa shape index (κ1) is 15.9. The first-order valence-electron chi connectivity index (χ1n) is 7.54. The summed E-state index contributed by atoms with van der Waals surface area (Å²) in [6.07, 6.45) is 6.79. The third-order valence-corrected chi connectivity index (χ3v) is 4.51. The number of carbonyl (C=O) groups is 1. The zero-order valence-corrected chi connectivity index (χ0v) is 14.5. The Labute approximate surface area is 143 Å². The maximum atomic E-state index is 12.6. The maximum absolute atomic E-state index is 12.6. The Morgan fingerprint density at radius 1 is 1.43 bits per heavy atom. The Morgan fingerprint density at radius 3 is 3.04 bits per heavy atom. The van der Waals surface area contributed by atoms with Crippen LogP contribution in [0.25, 0.3) is 6.08 Å². The van der Waals surface area contributed by atoms with Gasteiger partial charge in [-0.2, -0.15) is 0 Å². The average molecular weight is 376 g/mol. The molecule has 1 aliphatic heterocycles. The van der Waals surface area contributed by atoms with Gasteiger partial charge in [0.05, 0.1) is 19.4 Å². The van der Waals surface area contributed by atoms with Crippen molar-refractivity contribution in [3.05, 3.63) is 58.5 Å². The first-order valence-corrected chi connectivity index (χ1v) is 8.34. The van der Waals surface area contributed by atoms with E-state index < -0.39 is 0 Å². The molecule has 0 N–H and O–H groups in total. The number of ether oxygens (including phenoxy) is 1. The summed E-state index contributed by atoms with van der Waals surface area (Å²) in [7, 11) is 1.66. The third kappa shape index (κ3) is 3.50. The lowest BCUT2D eigenvalue weighted by atomic mass is 10.0. The lowest BCUT2D eigenvalue weighted by molar-refractivity contribution is -0.126. The van der Waals surface area contributed by atoms with Gasteiger partial charge < -0.3 is 14.1 Å². The Kier molecular flexibility index (Phi) is 4.86. The summed E-state index contributed by atoms with van der Waals surface area (Å²) in [5, 5.41) is 0. The number of amides is 1. The van der Waals surface area contributed by atoms with Gasteiger partial charge in [0, 0.05) is 22.7 Å². The molecule has 1 amide bonds. The second-order valence-electron chi connectivity index (χ2n) is 5.42. The predicted octanol–water partition coefficient (Wildman–Crippen LogP) is 4.43. The number of benzene rings is 1. The molecule has 1 aliphatic rings. The summed E-state index contributed by atoms with van der Waals surface area (Å²) >= 11 is 3.50. The molecule has 2 aromatic rings. The minimum atomic E-state index is -0.00840. The minimum absolute atomic E-state index is 0.00840. The van der Waals surface area contributed by atoms with E-state index in [1.807, 2.05) is 29.2 Å². The van der Waals surface area contributed by atoms with Gasteiger partial charge in [-0.3, -0.25) is 4.79 Å². The van der Waals surface area contributed by atoms with Gasteiger partial charge in [-0.05, 0) is 49.2 Å². The maximum Gasteiger partial charge on any atom is 0.247 e. The molecule has 23 heavy (non-hydrogen) atoms. The molecule has 2 heterocycles. The molecule has 120 valence electrons. The van der Waals surface area contributed by atoms with Crippen LogP contribution in [0.3, 0.4) is 0 Å². The van der Waals surface area contributed by atoms with E-state index in [2.05, 4.69) is 15.9 Å². The van der Waals surface area contributed by atoms with Crippen LogP contribution >= 0.6 is 15.9 Å². The van der Waals surface area contributed by atoms with Crippen LogP contribution in [0.2, 0.25) is 0 Å². The van der Waals surface area contributed by atoms with Gasteiger partial charge in [0.25, 0.3) is 0 Å². The van der Waals surface area contributed by atoms with E-state index in [0.29, 0.717) is 5.76 Å². The summed E-state index contributed by atoms with van der Waals surface area (Å²) in [6, 6.07) is 9.57. The lowest BCUT2D eigenvalue weighted by Crippen LogP contribution is -2.29. The highest BCUT2D eigenvalue weighted by molar-refractivity contribution is 9.10. The summed E-state index contributed by atoms with van der Waals surface area (Å²) in [5.41, 5.74) is 1.04. The van der Waals surface area contributed by atoms with E-state index in [0.717, 1.165) is 35.2 Å². The molecule has 0 aliphatic carbocycles. The molecule has 0 saturated carbocycles. The SMILES string of the molecule is COc1ccc(Br)cc1C1CCCN1C(=O)/C=C/c1ccco1. The fraction of sp³-hybridized carbons (Fsp3) is 0.278. The Hall–Kier alpha value is -2.01. The second kappa shape index (κ2) is 7.04. The zero-order valence-electron chi connectivity index (χ0n) is 12.9. The molecule has 1 saturated heterocycles. The molecule has 1 atom stereocenters. The van der Waals surface area contributed by atoms with E-state index in [4.69, 9.17) is 9.15 Å². The summed E-state index contributed by atoms with van der Waals surface area (Å²) in [6.45, 7) is 0.752. The highest BCUT2D eigenvalue weighted by Gasteiger charge is 2.30. The molecule has 3 rings (SSSR count). The van der Waals surface area contributed by atoms with E-state index in [9.17, 15) is 4.79 Å². The van der Waals surface area contributed by atoms with Crippen LogP contribution in [0, 0.1) is 0 Å². The standard InChI is InChI=1S/C18H18BrNO3/c1-22-17-8-6-13(19)12-15(17)16-5-2-10-20(16)18(21)9-7-14-4-3-11-23-14/h3-4,6-9,11-12,16H,2,5,10H2,1H3/b9-7+. The molecule has 1 fully saturated rings. The molecule has 0 spiro atoms. The van der Waals surface area contributed by atoms with Gasteiger partial charge in [-0.1, -0.05) is 15.9 Å². The number of likely N-dealkylation sites (tertiary alicyclic amines) is 1. The van der Waals surface area contributed by atoms with Crippen LogP contribution in [0.4, 0.5) is 0 Å². The molecule has 0 bridgehead atoms. The molecule has 1 unspecified atom stereocenters. The van der Waals surface area contributed by atoms with E-state index in [1.165, 1.54) is 0 Å². The summed E-state index contributed by atoms with van der Waals surface area (Å²) < 4.78 is 11.7. The smallest absolute Gasteiger partial charge is 0.247 e. The fourth-order valence-corrected chi connectivity index (χ4v) is 3.33. The Morgan fingerprint density at radius 2 is 2.30 bits per heavy atom. The lowest BCUT2D eigenvalue weighted by Gasteiger charge is -2.25. The first-order chi connectivity index (χ1) is 11.2. The van der Waals surface area contributed by atoms with E-state index >= 15 is 0 Å². The van der Waals surface area contributed by atoms with E-state index in [-0.39, 0.29) is 11.9 Å². The number of furan rings is 1. The van der Waals surface area contributed by atoms with Gasteiger partial charge in [-0.15, -0.1) is 0 Å². The average Bonchev–Trinajstić information content (AvgIpc) is 3.24. The molecule has 1 aromatic carbocycles. The monoisotopic (exact) mass is 375 g/mol. The van der Waals surface area contributed by atoms with Crippen molar-refractivity contribution in [1.29, 1.82) is 0 Å². The normalized spacial score (nSPS) is 17.8. The van der Waals surface area contributed by atoms with Crippen molar-refractivity contribution in [2.24, 2.45) is 0 Å². The van der Waals surface area contributed by atoms with Gasteiger partial charge >= 0.3 is 0 Å². The molecule has 1 aromatic heterocycles. The number of rotatable bonds is 4. The summed E-state index contributed by atoms with van der Waals surface area (Å²) in [4.78, 5) is 14.4. The highest BCUT2D eigenvalue weighted by Crippen LogP contribution is 2.38. The predicted molar refractivity (Wildman–Crippen MR) is 92.1 cm³/mol. The fourth-order valence-electron chi connectivity index (χ4n) is 2.95. The van der Waals surface area contributed by atoms with Crippen LogP contribution < -0.4 is 4.74 Å². The minimum Gasteiger partial charge on any atom is -0.496 e. The van der Waals surface area contributed by atoms with E-state index in [1.54, 1.807) is 31.6 Å². The Balaban J connectivity index is 1.83. The van der Waals surface area contributed by atoms with Crippen LogP contribution in [-0.4, -0.2) is 24.5 Å². The van der Waals surface area contributed by atoms with Gasteiger partial charge in [0.1, 0.15) is 11.5 Å². The number of halogens is 1. The van der Waals surface area contributed by atoms with Crippen LogP contribution in [-0.2, 0) is 4.79 Å². The van der Waals surface area contributed by atoms with Crippen molar-refractivity contribution in [2.75, 3.05) is 13.7 Å². The highest BCUT2D eigenvalue weighted by atomic mass is 79.9. The van der Waals surface area contributed by atoms with Crippen molar-refractivity contribution in [2.45, 2.75) is 18.9 Å². The van der Waals surface area contributed by atoms with Gasteiger partial charge in [0.2, 0.25) is 5.91 Å². The second-order valence-corrected chi connectivity index (χ2v) is 6.34. The molecule has 0 radical (unpaired) electrons. The third-order valence-electron chi connectivity index (χ3n) is 4.02. The quantitative estimate of drug-likeness (QED) is 0.742. The topological polar surface area (TPSA) is 42.7 Å². The van der Waals surface area contributed by atoms with Crippen molar-refractivity contribution in [1.82, 2.24) is 4.90 Å². The van der Waals surface area contributed by atoms with Gasteiger partial charge in [-0.25, -0.2) is 0 Å². The molecule has 4 nitrogen and oxygen atoms in total. The van der Waals surface area contributed by atoms with Crippen molar-refractivity contribution >= 4 is 27.9 Å².